The molecule has 0 fully saturated rings. The lowest BCUT2D eigenvalue weighted by Gasteiger charge is -2.09. The molecular formula is C24H21N3O3S2. The molecule has 5 aromatic rings. The van der Waals surface area contributed by atoms with Gasteiger partial charge in [-0.3, -0.25) is 4.79 Å². The zero-order valence-corrected chi connectivity index (χ0v) is 19.3. The summed E-state index contributed by atoms with van der Waals surface area (Å²) in [7, 11) is 1.63. The lowest BCUT2D eigenvalue weighted by Crippen LogP contribution is -2.08. The van der Waals surface area contributed by atoms with E-state index in [1.165, 1.54) is 11.8 Å². The first kappa shape index (κ1) is 20.8. The van der Waals surface area contributed by atoms with E-state index in [9.17, 15) is 4.79 Å². The molecule has 0 aliphatic carbocycles. The van der Waals surface area contributed by atoms with Crippen LogP contribution in [-0.2, 0) is 17.8 Å². The van der Waals surface area contributed by atoms with Gasteiger partial charge in [-0.1, -0.05) is 36.0 Å². The van der Waals surface area contributed by atoms with Crippen molar-refractivity contribution in [3.05, 3.63) is 59.5 Å². The molecule has 0 bridgehead atoms. The van der Waals surface area contributed by atoms with Gasteiger partial charge in [-0.25, -0.2) is 0 Å². The van der Waals surface area contributed by atoms with Gasteiger partial charge in [0.05, 0.1) is 17.7 Å². The minimum absolute atomic E-state index is 0.0899. The van der Waals surface area contributed by atoms with Gasteiger partial charge in [-0.15, -0.1) is 21.5 Å². The number of para-hydroxylation sites is 1. The Morgan fingerprint density at radius 3 is 2.78 bits per heavy atom. The van der Waals surface area contributed by atoms with Crippen molar-refractivity contribution in [3.63, 3.8) is 0 Å². The predicted octanol–water partition coefficient (Wildman–Crippen LogP) is 5.84. The fourth-order valence-corrected chi connectivity index (χ4v) is 5.38. The van der Waals surface area contributed by atoms with E-state index in [0.717, 1.165) is 49.9 Å². The first-order valence-corrected chi connectivity index (χ1v) is 12.1. The van der Waals surface area contributed by atoms with Crippen LogP contribution in [0.3, 0.4) is 0 Å². The number of carbonyl (C=O) groups excluding carboxylic acids is 1. The maximum Gasteiger partial charge on any atom is 0.191 e. The molecule has 0 radical (unpaired) electrons. The van der Waals surface area contributed by atoms with Crippen LogP contribution in [0, 0.1) is 0 Å². The van der Waals surface area contributed by atoms with Gasteiger partial charge < -0.3 is 13.7 Å². The van der Waals surface area contributed by atoms with E-state index in [4.69, 9.17) is 9.15 Å². The number of thioether (sulfide) groups is 1. The molecule has 0 atom stereocenters. The molecule has 3 heterocycles. The minimum Gasteiger partial charge on any atom is -0.496 e. The smallest absolute Gasteiger partial charge is 0.191 e. The van der Waals surface area contributed by atoms with Crippen LogP contribution in [0.2, 0.25) is 0 Å². The largest absolute Gasteiger partial charge is 0.496 e. The van der Waals surface area contributed by atoms with Gasteiger partial charge >= 0.3 is 0 Å². The Kier molecular flexibility index (Phi) is 5.71. The Bertz CT molecular complexity index is 1400. The number of rotatable bonds is 8. The van der Waals surface area contributed by atoms with E-state index in [1.807, 2.05) is 58.5 Å². The summed E-state index contributed by atoms with van der Waals surface area (Å²) in [6.07, 6.45) is 0.265. The van der Waals surface area contributed by atoms with Gasteiger partial charge in [0.2, 0.25) is 0 Å². The van der Waals surface area contributed by atoms with Gasteiger partial charge in [-0.05, 0) is 36.6 Å². The summed E-state index contributed by atoms with van der Waals surface area (Å²) in [5, 5.41) is 13.4. The number of ether oxygens (including phenoxy) is 1. The molecule has 0 N–H and O–H groups in total. The summed E-state index contributed by atoms with van der Waals surface area (Å²) < 4.78 is 13.6. The average molecular weight is 464 g/mol. The number of Topliss-reactive ketones (excluding diaryl/α,β-unsaturated/α-hetero) is 1. The van der Waals surface area contributed by atoms with Crippen molar-refractivity contribution in [2.75, 3.05) is 12.9 Å². The molecule has 0 aliphatic rings. The van der Waals surface area contributed by atoms with Crippen molar-refractivity contribution in [2.45, 2.75) is 25.0 Å². The second-order valence-electron chi connectivity index (χ2n) is 7.29. The van der Waals surface area contributed by atoms with Gasteiger partial charge in [0.15, 0.2) is 11.0 Å². The third-order valence-electron chi connectivity index (χ3n) is 5.30. The Morgan fingerprint density at radius 1 is 1.12 bits per heavy atom. The molecule has 2 aromatic carbocycles. The summed E-state index contributed by atoms with van der Waals surface area (Å²) in [6.45, 7) is 2.80. The quantitative estimate of drug-likeness (QED) is 0.269. The number of ketones is 1. The molecule has 32 heavy (non-hydrogen) atoms. The number of nitrogens with zero attached hydrogens (tertiary/aromatic N) is 3. The van der Waals surface area contributed by atoms with Crippen molar-refractivity contribution in [1.82, 2.24) is 14.8 Å². The Labute approximate surface area is 193 Å². The Balaban J connectivity index is 1.35. The molecule has 162 valence electrons. The summed E-state index contributed by atoms with van der Waals surface area (Å²) >= 11 is 3.05. The van der Waals surface area contributed by atoms with Crippen molar-refractivity contribution < 1.29 is 13.9 Å². The van der Waals surface area contributed by atoms with Crippen LogP contribution >= 0.6 is 23.1 Å². The molecule has 3 aromatic heterocycles. The number of thiophene rings is 1. The van der Waals surface area contributed by atoms with Crippen molar-refractivity contribution in [1.29, 1.82) is 0 Å². The maximum atomic E-state index is 12.8. The monoisotopic (exact) mass is 463 g/mol. The van der Waals surface area contributed by atoms with Gasteiger partial charge in [0, 0.05) is 29.3 Å². The average Bonchev–Trinajstić information content (AvgIpc) is 3.54. The van der Waals surface area contributed by atoms with Gasteiger partial charge in [0.1, 0.15) is 22.7 Å². The second kappa shape index (κ2) is 8.80. The summed E-state index contributed by atoms with van der Waals surface area (Å²) in [5.74, 6) is 1.94. The molecule has 0 aliphatic heterocycles. The summed E-state index contributed by atoms with van der Waals surface area (Å²) in [6, 6.07) is 15.8. The molecule has 0 saturated carbocycles. The van der Waals surface area contributed by atoms with Gasteiger partial charge in [-0.2, -0.15) is 0 Å². The fraction of sp³-hybridized carbons (Fsp3) is 0.208. The van der Waals surface area contributed by atoms with Crippen LogP contribution in [0.4, 0.5) is 0 Å². The van der Waals surface area contributed by atoms with Crippen molar-refractivity contribution >= 4 is 50.8 Å². The molecule has 5 rings (SSSR count). The number of fused-ring (bicyclic) bond motifs is 3. The number of furan rings is 1. The van der Waals surface area contributed by atoms with Crippen LogP contribution in [0.25, 0.3) is 32.6 Å². The third kappa shape index (κ3) is 3.80. The molecule has 0 unspecified atom stereocenters. The highest BCUT2D eigenvalue weighted by molar-refractivity contribution is 7.99. The number of methoxy groups -OCH3 is 1. The van der Waals surface area contributed by atoms with Gasteiger partial charge in [0.25, 0.3) is 0 Å². The lowest BCUT2D eigenvalue weighted by atomic mass is 10.0. The second-order valence-corrected chi connectivity index (χ2v) is 9.18. The zero-order valence-electron chi connectivity index (χ0n) is 17.7. The normalized spacial score (nSPS) is 11.4. The van der Waals surface area contributed by atoms with Crippen molar-refractivity contribution in [3.8, 4) is 16.5 Å². The molecular weight excluding hydrogens is 442 g/mol. The van der Waals surface area contributed by atoms with Crippen LogP contribution in [0.15, 0.2) is 63.5 Å². The van der Waals surface area contributed by atoms with E-state index >= 15 is 0 Å². The number of benzene rings is 2. The topological polar surface area (TPSA) is 70.2 Å². The number of aromatic nitrogens is 3. The standard InChI is InChI=1S/C24H21N3O3S2/c1-3-27-23(22-9-6-10-31-22)25-26-24(27)32-14-16(28)11-15-12-21-18(13-20(15)29-2)17-7-4-5-8-19(17)30-21/h4-10,12-13H,3,11,14H2,1-2H3. The van der Waals surface area contributed by atoms with Crippen LogP contribution in [-0.4, -0.2) is 33.4 Å². The number of hydrogen-bond acceptors (Lipinski definition) is 7. The van der Waals surface area contributed by atoms with Crippen LogP contribution in [0.1, 0.15) is 12.5 Å². The zero-order chi connectivity index (χ0) is 22.1. The third-order valence-corrected chi connectivity index (χ3v) is 7.20. The predicted molar refractivity (Wildman–Crippen MR) is 129 cm³/mol. The summed E-state index contributed by atoms with van der Waals surface area (Å²) in [4.78, 5) is 13.9. The highest BCUT2D eigenvalue weighted by atomic mass is 32.2. The molecule has 0 saturated heterocycles. The molecule has 6 nitrogen and oxygen atoms in total. The Hall–Kier alpha value is -3.10. The highest BCUT2D eigenvalue weighted by Crippen LogP contribution is 2.34. The van der Waals surface area contributed by atoms with Crippen LogP contribution < -0.4 is 4.74 Å². The van der Waals surface area contributed by atoms with E-state index in [1.54, 1.807) is 18.4 Å². The van der Waals surface area contributed by atoms with Crippen LogP contribution in [0.5, 0.6) is 5.75 Å². The lowest BCUT2D eigenvalue weighted by molar-refractivity contribution is -0.116. The first-order valence-electron chi connectivity index (χ1n) is 10.3. The SMILES string of the molecule is CCn1c(SCC(=O)Cc2cc3oc4ccccc4c3cc2OC)nnc1-c1cccs1. The van der Waals surface area contributed by atoms with Crippen molar-refractivity contribution in [2.24, 2.45) is 0 Å². The molecule has 0 spiro atoms. The molecule has 8 heteroatoms. The Morgan fingerprint density at radius 2 is 2.00 bits per heavy atom. The number of carbonyl (C=O) groups is 1. The molecule has 0 amide bonds. The highest BCUT2D eigenvalue weighted by Gasteiger charge is 2.18. The minimum atomic E-state index is 0.0899. The first-order chi connectivity index (χ1) is 15.7. The van der Waals surface area contributed by atoms with E-state index in [2.05, 4.69) is 17.1 Å². The summed E-state index contributed by atoms with van der Waals surface area (Å²) in [5.41, 5.74) is 2.40. The van der Waals surface area contributed by atoms with E-state index in [-0.39, 0.29) is 12.2 Å². The van der Waals surface area contributed by atoms with E-state index in [0.29, 0.717) is 11.5 Å². The van der Waals surface area contributed by atoms with E-state index < -0.39 is 0 Å². The maximum absolute atomic E-state index is 12.8. The number of hydrogen-bond donors (Lipinski definition) is 0. The fourth-order valence-electron chi connectivity index (χ4n) is 3.80.